The lowest BCUT2D eigenvalue weighted by atomic mass is 10.1. The monoisotopic (exact) mass is 272 g/mol. The molecule has 5 nitrogen and oxygen atoms in total. The van der Waals surface area contributed by atoms with Crippen LogP contribution >= 0.6 is 0 Å². The maximum Gasteiger partial charge on any atom is 0.221 e. The van der Waals surface area contributed by atoms with E-state index in [1.807, 2.05) is 42.2 Å². The number of carbonyl (C=O) groups is 1. The zero-order valence-electron chi connectivity index (χ0n) is 11.9. The van der Waals surface area contributed by atoms with E-state index in [-0.39, 0.29) is 12.3 Å². The Morgan fingerprint density at radius 1 is 1.35 bits per heavy atom. The van der Waals surface area contributed by atoms with Crippen LogP contribution in [0.4, 0.5) is 5.69 Å². The molecular weight excluding hydrogens is 252 g/mol. The van der Waals surface area contributed by atoms with Gasteiger partial charge < -0.3 is 11.1 Å². The summed E-state index contributed by atoms with van der Waals surface area (Å²) >= 11 is 0. The molecule has 0 unspecified atom stereocenters. The maximum absolute atomic E-state index is 10.8. The van der Waals surface area contributed by atoms with Crippen molar-refractivity contribution in [3.63, 3.8) is 0 Å². The summed E-state index contributed by atoms with van der Waals surface area (Å²) in [5, 5.41) is 7.77. The van der Waals surface area contributed by atoms with Crippen LogP contribution in [0.15, 0.2) is 30.5 Å². The number of hydrogen-bond donors (Lipinski definition) is 2. The van der Waals surface area contributed by atoms with Crippen LogP contribution in [-0.2, 0) is 31.2 Å². The maximum atomic E-state index is 10.8. The van der Waals surface area contributed by atoms with E-state index in [1.54, 1.807) is 0 Å². The Balaban J connectivity index is 1.98. The Hall–Kier alpha value is -2.30. The molecule has 20 heavy (non-hydrogen) atoms. The molecule has 106 valence electrons. The van der Waals surface area contributed by atoms with Crippen molar-refractivity contribution in [3.8, 4) is 0 Å². The third-order valence-corrected chi connectivity index (χ3v) is 3.14. The van der Waals surface area contributed by atoms with Crippen molar-refractivity contribution >= 4 is 11.6 Å². The first-order valence-electron chi connectivity index (χ1n) is 6.71. The molecule has 3 N–H and O–H groups in total. The predicted octanol–water partition coefficient (Wildman–Crippen LogP) is 1.62. The van der Waals surface area contributed by atoms with Crippen LogP contribution in [0.3, 0.4) is 0 Å². The molecular formula is C15H20N4O. The molecule has 0 saturated heterocycles. The molecule has 2 aromatic rings. The van der Waals surface area contributed by atoms with Crippen LogP contribution in [-0.4, -0.2) is 15.7 Å². The molecule has 1 aromatic carbocycles. The van der Waals surface area contributed by atoms with Crippen molar-refractivity contribution in [2.75, 3.05) is 5.32 Å². The molecule has 0 bridgehead atoms. The molecule has 0 atom stereocenters. The topological polar surface area (TPSA) is 72.9 Å². The van der Waals surface area contributed by atoms with Gasteiger partial charge >= 0.3 is 0 Å². The number of nitrogens with two attached hydrogens (primary N) is 1. The highest BCUT2D eigenvalue weighted by molar-refractivity contribution is 5.76. The van der Waals surface area contributed by atoms with E-state index in [0.717, 1.165) is 29.9 Å². The second-order valence-corrected chi connectivity index (χ2v) is 4.82. The van der Waals surface area contributed by atoms with Gasteiger partial charge in [-0.2, -0.15) is 5.10 Å². The Labute approximate surface area is 118 Å². The summed E-state index contributed by atoms with van der Waals surface area (Å²) in [5.41, 5.74) is 9.44. The third kappa shape index (κ3) is 3.60. The average molecular weight is 272 g/mol. The van der Waals surface area contributed by atoms with Gasteiger partial charge in [0.1, 0.15) is 0 Å². The first-order valence-corrected chi connectivity index (χ1v) is 6.71. The number of nitrogens with zero attached hydrogens (tertiary/aromatic N) is 2. The number of amides is 1. The first kappa shape index (κ1) is 14.1. The summed E-state index contributed by atoms with van der Waals surface area (Å²) in [6, 6.07) is 7.74. The fourth-order valence-electron chi connectivity index (χ4n) is 2.17. The summed E-state index contributed by atoms with van der Waals surface area (Å²) in [6.07, 6.45) is 3.24. The molecule has 0 aliphatic heterocycles. The number of aromatic nitrogens is 2. The molecule has 1 heterocycles. The molecule has 0 aliphatic rings. The van der Waals surface area contributed by atoms with Gasteiger partial charge in [0.25, 0.3) is 0 Å². The Morgan fingerprint density at radius 3 is 2.65 bits per heavy atom. The van der Waals surface area contributed by atoms with Crippen molar-refractivity contribution in [2.45, 2.75) is 26.3 Å². The van der Waals surface area contributed by atoms with E-state index in [9.17, 15) is 4.79 Å². The highest BCUT2D eigenvalue weighted by Gasteiger charge is 2.05. The molecule has 0 aliphatic carbocycles. The molecule has 1 aromatic heterocycles. The SMILES string of the molecule is CCc1nn(C)cc1CNc1ccc(CC(N)=O)cc1. The van der Waals surface area contributed by atoms with Crippen molar-refractivity contribution < 1.29 is 4.79 Å². The second kappa shape index (κ2) is 6.23. The number of nitrogens with one attached hydrogen (secondary N) is 1. The van der Waals surface area contributed by atoms with E-state index in [1.165, 1.54) is 5.56 Å². The van der Waals surface area contributed by atoms with Crippen molar-refractivity contribution in [1.29, 1.82) is 0 Å². The molecule has 5 heteroatoms. The molecule has 0 spiro atoms. The van der Waals surface area contributed by atoms with Gasteiger partial charge in [-0.3, -0.25) is 9.48 Å². The standard InChI is InChI=1S/C15H20N4O/c1-3-14-12(10-19(2)18-14)9-17-13-6-4-11(5-7-13)8-15(16)20/h4-7,10,17H,3,8-9H2,1-2H3,(H2,16,20). The average Bonchev–Trinajstić information content (AvgIpc) is 2.78. The summed E-state index contributed by atoms with van der Waals surface area (Å²) in [7, 11) is 1.93. The second-order valence-electron chi connectivity index (χ2n) is 4.82. The number of aryl methyl sites for hydroxylation is 2. The minimum Gasteiger partial charge on any atom is -0.381 e. The number of primary amides is 1. The Kier molecular flexibility index (Phi) is 4.40. The summed E-state index contributed by atoms with van der Waals surface area (Å²) in [5.74, 6) is -0.311. The number of carbonyl (C=O) groups excluding carboxylic acids is 1. The number of rotatable bonds is 6. The summed E-state index contributed by atoms with van der Waals surface area (Å²) in [4.78, 5) is 10.8. The zero-order valence-corrected chi connectivity index (χ0v) is 11.9. The largest absolute Gasteiger partial charge is 0.381 e. The lowest BCUT2D eigenvalue weighted by Crippen LogP contribution is -2.13. The van der Waals surface area contributed by atoms with Crippen LogP contribution in [0, 0.1) is 0 Å². The van der Waals surface area contributed by atoms with Crippen molar-refractivity contribution in [1.82, 2.24) is 9.78 Å². The van der Waals surface area contributed by atoms with Gasteiger partial charge in [0, 0.05) is 31.0 Å². The molecule has 1 amide bonds. The highest BCUT2D eigenvalue weighted by atomic mass is 16.1. The molecule has 2 rings (SSSR count). The Morgan fingerprint density at radius 2 is 2.05 bits per heavy atom. The minimum atomic E-state index is -0.311. The van der Waals surface area contributed by atoms with Crippen LogP contribution in [0.25, 0.3) is 0 Å². The smallest absolute Gasteiger partial charge is 0.221 e. The normalized spacial score (nSPS) is 10.5. The molecule has 0 radical (unpaired) electrons. The first-order chi connectivity index (χ1) is 9.58. The number of anilines is 1. The zero-order chi connectivity index (χ0) is 14.5. The van der Waals surface area contributed by atoms with Crippen molar-refractivity contribution in [2.24, 2.45) is 12.8 Å². The van der Waals surface area contributed by atoms with Gasteiger partial charge in [0.15, 0.2) is 0 Å². The molecule has 0 saturated carbocycles. The predicted molar refractivity (Wildman–Crippen MR) is 79.3 cm³/mol. The van der Waals surface area contributed by atoms with Crippen LogP contribution in [0.2, 0.25) is 0 Å². The van der Waals surface area contributed by atoms with Crippen LogP contribution < -0.4 is 11.1 Å². The van der Waals surface area contributed by atoms with Gasteiger partial charge in [-0.15, -0.1) is 0 Å². The summed E-state index contributed by atoms with van der Waals surface area (Å²) in [6.45, 7) is 2.84. The van der Waals surface area contributed by atoms with Gasteiger partial charge in [0.05, 0.1) is 12.1 Å². The third-order valence-electron chi connectivity index (χ3n) is 3.14. The van der Waals surface area contributed by atoms with Crippen LogP contribution in [0.5, 0.6) is 0 Å². The fraction of sp³-hybridized carbons (Fsp3) is 0.333. The van der Waals surface area contributed by atoms with E-state index >= 15 is 0 Å². The number of benzene rings is 1. The van der Waals surface area contributed by atoms with E-state index in [2.05, 4.69) is 17.3 Å². The quantitative estimate of drug-likeness (QED) is 0.839. The van der Waals surface area contributed by atoms with E-state index in [4.69, 9.17) is 5.73 Å². The number of hydrogen-bond acceptors (Lipinski definition) is 3. The fourth-order valence-corrected chi connectivity index (χ4v) is 2.17. The van der Waals surface area contributed by atoms with E-state index in [0.29, 0.717) is 0 Å². The molecule has 0 fully saturated rings. The van der Waals surface area contributed by atoms with Gasteiger partial charge in [-0.05, 0) is 24.1 Å². The summed E-state index contributed by atoms with van der Waals surface area (Å²) < 4.78 is 1.84. The van der Waals surface area contributed by atoms with Gasteiger partial charge in [0.2, 0.25) is 5.91 Å². The Bertz CT molecular complexity index is 586. The van der Waals surface area contributed by atoms with E-state index < -0.39 is 0 Å². The lowest BCUT2D eigenvalue weighted by molar-refractivity contribution is -0.117. The van der Waals surface area contributed by atoms with Crippen molar-refractivity contribution in [3.05, 3.63) is 47.3 Å². The lowest BCUT2D eigenvalue weighted by Gasteiger charge is -2.07. The minimum absolute atomic E-state index is 0.281. The van der Waals surface area contributed by atoms with Gasteiger partial charge in [-0.1, -0.05) is 19.1 Å². The highest BCUT2D eigenvalue weighted by Crippen LogP contribution is 2.13. The van der Waals surface area contributed by atoms with Gasteiger partial charge in [-0.25, -0.2) is 0 Å². The van der Waals surface area contributed by atoms with Crippen LogP contribution in [0.1, 0.15) is 23.7 Å².